The minimum Gasteiger partial charge on any atom is -0.449 e. The van der Waals surface area contributed by atoms with Crippen LogP contribution in [0.4, 0.5) is 15.3 Å². The van der Waals surface area contributed by atoms with Gasteiger partial charge in [-0.1, -0.05) is 6.07 Å². The second-order valence-electron chi connectivity index (χ2n) is 5.05. The number of carbonyl (C=O) groups excluding carboxylic acids is 2. The maximum Gasteiger partial charge on any atom is 0.429 e. The van der Waals surface area contributed by atoms with Gasteiger partial charge in [-0.15, -0.1) is 0 Å². The largest absolute Gasteiger partial charge is 0.449 e. The van der Waals surface area contributed by atoms with Crippen LogP contribution in [0.5, 0.6) is 0 Å². The van der Waals surface area contributed by atoms with Gasteiger partial charge in [-0.05, 0) is 26.0 Å². The van der Waals surface area contributed by atoms with E-state index in [2.05, 4.69) is 10.4 Å². The third-order valence-electron chi connectivity index (χ3n) is 3.25. The van der Waals surface area contributed by atoms with Crippen molar-refractivity contribution in [3.8, 4) is 0 Å². The van der Waals surface area contributed by atoms with Crippen LogP contribution in [-0.2, 0) is 16.0 Å². The second-order valence-corrected chi connectivity index (χ2v) is 5.05. The summed E-state index contributed by atoms with van der Waals surface area (Å²) in [5.41, 5.74) is 3.23. The Morgan fingerprint density at radius 1 is 1.19 bits per heavy atom. The number of carbonyl (C=O) groups is 2. The highest BCUT2D eigenvalue weighted by Crippen LogP contribution is 2.20. The number of amides is 2. The molecule has 0 bridgehead atoms. The smallest absolute Gasteiger partial charge is 0.429 e. The van der Waals surface area contributed by atoms with Crippen molar-refractivity contribution in [3.05, 3.63) is 46.1 Å². The molecular weight excluding hydrogens is 344 g/mol. The SMILES string of the molecule is CCOC(=O)NN(Cc1ccc2cc([N+](=O)[O-])ccc2n1)C(=O)OCC. The number of nitrogens with one attached hydrogen (secondary N) is 1. The number of hydrogen-bond donors (Lipinski definition) is 1. The van der Waals surface area contributed by atoms with Gasteiger partial charge in [-0.25, -0.2) is 20.0 Å². The zero-order valence-electron chi connectivity index (χ0n) is 14.3. The van der Waals surface area contributed by atoms with Gasteiger partial charge in [0.05, 0.1) is 35.9 Å². The highest BCUT2D eigenvalue weighted by molar-refractivity contribution is 5.81. The molecule has 0 radical (unpaired) electrons. The van der Waals surface area contributed by atoms with Gasteiger partial charge in [0.15, 0.2) is 0 Å². The average molecular weight is 362 g/mol. The number of nitro groups is 1. The summed E-state index contributed by atoms with van der Waals surface area (Å²) >= 11 is 0. The molecule has 0 aliphatic carbocycles. The number of pyridine rings is 1. The standard InChI is InChI=1S/C16H18N4O6/c1-3-25-15(21)18-19(16(22)26-4-2)10-12-6-5-11-9-13(20(23)24)7-8-14(11)17-12/h5-9H,3-4,10H2,1-2H3,(H,18,21). The molecule has 1 aromatic carbocycles. The van der Waals surface area contributed by atoms with Gasteiger partial charge in [-0.2, -0.15) is 0 Å². The van der Waals surface area contributed by atoms with E-state index in [1.165, 1.54) is 18.2 Å². The quantitative estimate of drug-likeness (QED) is 0.640. The van der Waals surface area contributed by atoms with Crippen molar-refractivity contribution >= 4 is 28.8 Å². The average Bonchev–Trinajstić information content (AvgIpc) is 2.61. The molecule has 2 aromatic rings. The Bertz CT molecular complexity index is 825. The molecule has 0 spiro atoms. The number of hydrazine groups is 1. The van der Waals surface area contributed by atoms with Crippen molar-refractivity contribution in [1.29, 1.82) is 0 Å². The third-order valence-corrected chi connectivity index (χ3v) is 3.25. The van der Waals surface area contributed by atoms with Crippen LogP contribution in [0.1, 0.15) is 19.5 Å². The molecule has 138 valence electrons. The molecule has 26 heavy (non-hydrogen) atoms. The van der Waals surface area contributed by atoms with Gasteiger partial charge in [0.25, 0.3) is 5.69 Å². The van der Waals surface area contributed by atoms with E-state index in [1.807, 2.05) is 0 Å². The van der Waals surface area contributed by atoms with Gasteiger partial charge >= 0.3 is 12.2 Å². The van der Waals surface area contributed by atoms with E-state index in [9.17, 15) is 19.7 Å². The van der Waals surface area contributed by atoms with Gasteiger partial charge in [0, 0.05) is 17.5 Å². The lowest BCUT2D eigenvalue weighted by Gasteiger charge is -2.21. The minimum atomic E-state index is -0.794. The predicted molar refractivity (Wildman–Crippen MR) is 91.1 cm³/mol. The third kappa shape index (κ3) is 4.79. The summed E-state index contributed by atoms with van der Waals surface area (Å²) in [4.78, 5) is 38.3. The van der Waals surface area contributed by atoms with Crippen LogP contribution in [-0.4, -0.2) is 40.3 Å². The fraction of sp³-hybridized carbons (Fsp3) is 0.312. The first-order valence-corrected chi connectivity index (χ1v) is 7.86. The summed E-state index contributed by atoms with van der Waals surface area (Å²) in [6.45, 7) is 3.49. The van der Waals surface area contributed by atoms with Gasteiger partial charge in [0.2, 0.25) is 0 Å². The van der Waals surface area contributed by atoms with Crippen molar-refractivity contribution in [3.63, 3.8) is 0 Å². The monoisotopic (exact) mass is 362 g/mol. The topological polar surface area (TPSA) is 124 Å². The summed E-state index contributed by atoms with van der Waals surface area (Å²) in [7, 11) is 0. The van der Waals surface area contributed by atoms with Crippen molar-refractivity contribution < 1.29 is 24.0 Å². The zero-order valence-corrected chi connectivity index (χ0v) is 14.3. The molecule has 0 fully saturated rings. The first-order valence-electron chi connectivity index (χ1n) is 7.86. The Labute approximate surface area is 148 Å². The highest BCUT2D eigenvalue weighted by atomic mass is 16.6. The number of nitro benzene ring substituents is 1. The number of non-ortho nitro benzene ring substituents is 1. The molecule has 2 amide bonds. The number of fused-ring (bicyclic) bond motifs is 1. The van der Waals surface area contributed by atoms with Crippen molar-refractivity contribution in [2.75, 3.05) is 13.2 Å². The molecule has 1 heterocycles. The van der Waals surface area contributed by atoms with Gasteiger partial charge < -0.3 is 9.47 Å². The molecule has 2 rings (SSSR count). The summed E-state index contributed by atoms with van der Waals surface area (Å²) < 4.78 is 9.66. The lowest BCUT2D eigenvalue weighted by Crippen LogP contribution is -2.46. The van der Waals surface area contributed by atoms with Crippen LogP contribution >= 0.6 is 0 Å². The van der Waals surface area contributed by atoms with Crippen LogP contribution in [0, 0.1) is 10.1 Å². The van der Waals surface area contributed by atoms with Crippen LogP contribution in [0.15, 0.2) is 30.3 Å². The molecule has 0 aliphatic rings. The first kappa shape index (κ1) is 18.9. The van der Waals surface area contributed by atoms with Gasteiger partial charge in [-0.3, -0.25) is 15.1 Å². The summed E-state index contributed by atoms with van der Waals surface area (Å²) in [6.07, 6.45) is -1.55. The Morgan fingerprint density at radius 3 is 2.58 bits per heavy atom. The lowest BCUT2D eigenvalue weighted by atomic mass is 10.2. The highest BCUT2D eigenvalue weighted by Gasteiger charge is 2.19. The van der Waals surface area contributed by atoms with Crippen molar-refractivity contribution in [1.82, 2.24) is 15.4 Å². The number of benzene rings is 1. The van der Waals surface area contributed by atoms with Crippen LogP contribution in [0.25, 0.3) is 10.9 Å². The Morgan fingerprint density at radius 2 is 1.92 bits per heavy atom. The summed E-state index contributed by atoms with van der Waals surface area (Å²) in [5, 5.41) is 12.4. The fourth-order valence-corrected chi connectivity index (χ4v) is 2.14. The van der Waals surface area contributed by atoms with E-state index in [0.29, 0.717) is 16.6 Å². The normalized spacial score (nSPS) is 10.2. The van der Waals surface area contributed by atoms with Crippen LogP contribution in [0.2, 0.25) is 0 Å². The van der Waals surface area contributed by atoms with E-state index < -0.39 is 17.1 Å². The van der Waals surface area contributed by atoms with E-state index in [4.69, 9.17) is 9.47 Å². The maximum atomic E-state index is 12.0. The second kappa shape index (κ2) is 8.60. The molecule has 0 saturated carbocycles. The number of aromatic nitrogens is 1. The first-order chi connectivity index (χ1) is 12.4. The lowest BCUT2D eigenvalue weighted by molar-refractivity contribution is -0.384. The predicted octanol–water partition coefficient (Wildman–Crippen LogP) is 2.76. The van der Waals surface area contributed by atoms with Gasteiger partial charge in [0.1, 0.15) is 0 Å². The fourth-order valence-electron chi connectivity index (χ4n) is 2.14. The zero-order chi connectivity index (χ0) is 19.1. The van der Waals surface area contributed by atoms with E-state index in [0.717, 1.165) is 5.01 Å². The molecule has 0 atom stereocenters. The van der Waals surface area contributed by atoms with Crippen LogP contribution < -0.4 is 5.43 Å². The number of ether oxygens (including phenoxy) is 2. The molecule has 0 aliphatic heterocycles. The Kier molecular flexibility index (Phi) is 6.25. The summed E-state index contributed by atoms with van der Waals surface area (Å²) in [5.74, 6) is 0. The van der Waals surface area contributed by atoms with Crippen molar-refractivity contribution in [2.45, 2.75) is 20.4 Å². The minimum absolute atomic E-state index is 0.0378. The number of nitrogens with zero attached hydrogens (tertiary/aromatic N) is 3. The Hall–Kier alpha value is -3.43. The molecule has 10 nitrogen and oxygen atoms in total. The molecule has 10 heteroatoms. The molecule has 0 saturated heterocycles. The molecule has 1 N–H and O–H groups in total. The molecule has 0 unspecified atom stereocenters. The Balaban J connectivity index is 2.23. The van der Waals surface area contributed by atoms with Crippen molar-refractivity contribution in [2.24, 2.45) is 0 Å². The van der Waals surface area contributed by atoms with E-state index in [1.54, 1.807) is 26.0 Å². The number of hydrogen-bond acceptors (Lipinski definition) is 7. The van der Waals surface area contributed by atoms with E-state index in [-0.39, 0.29) is 25.4 Å². The maximum absolute atomic E-state index is 12.0. The van der Waals surface area contributed by atoms with Crippen LogP contribution in [0.3, 0.4) is 0 Å². The number of rotatable bonds is 5. The summed E-state index contributed by atoms with van der Waals surface area (Å²) in [6, 6.07) is 7.53. The molecular formula is C16H18N4O6. The van der Waals surface area contributed by atoms with E-state index >= 15 is 0 Å². The molecule has 1 aromatic heterocycles.